The average molecular weight is 641 g/mol. The van der Waals surface area contributed by atoms with Crippen LogP contribution in [0, 0.1) is 18.8 Å². The van der Waals surface area contributed by atoms with Gasteiger partial charge in [0.25, 0.3) is 0 Å². The summed E-state index contributed by atoms with van der Waals surface area (Å²) in [6.07, 6.45) is 2.91. The molecule has 3 aromatic rings. The number of carbonyl (C=O) groups excluding carboxylic acids is 3. The van der Waals surface area contributed by atoms with Gasteiger partial charge in [0.15, 0.2) is 5.82 Å². The number of ether oxygens (including phenoxy) is 1. The molecule has 0 aliphatic heterocycles. The number of hydrogen-bond donors (Lipinski definition) is 4. The molecule has 4 rings (SSSR count). The molecule has 3 amide bonds. The molecule has 4 N–H and O–H groups in total. The molecule has 1 saturated carbocycles. The molecule has 0 radical (unpaired) electrons. The first-order valence-electron chi connectivity index (χ1n) is 14.1. The summed E-state index contributed by atoms with van der Waals surface area (Å²) in [5.74, 6) is 0.176. The summed E-state index contributed by atoms with van der Waals surface area (Å²) in [6.45, 7) is 8.00. The van der Waals surface area contributed by atoms with Gasteiger partial charge in [0.2, 0.25) is 11.8 Å². The summed E-state index contributed by atoms with van der Waals surface area (Å²) in [5, 5.41) is 22.6. The molecule has 12 heteroatoms. The zero-order chi connectivity index (χ0) is 30.3. The second-order valence-corrected chi connectivity index (χ2v) is 12.6. The summed E-state index contributed by atoms with van der Waals surface area (Å²) in [4.78, 5) is 38.8. The monoisotopic (exact) mass is 639 g/mol. The third-order valence-electron chi connectivity index (χ3n) is 7.23. The van der Waals surface area contributed by atoms with Gasteiger partial charge in [-0.05, 0) is 111 Å². The predicted molar refractivity (Wildman–Crippen MR) is 162 cm³/mol. The fraction of sp³-hybridized carbons (Fsp3) is 0.467. The number of nitrogens with one attached hydrogen (secondary N) is 4. The van der Waals surface area contributed by atoms with Crippen molar-refractivity contribution in [2.45, 2.75) is 71.4 Å². The van der Waals surface area contributed by atoms with Crippen LogP contribution >= 0.6 is 15.9 Å². The van der Waals surface area contributed by atoms with Crippen LogP contribution in [0.5, 0.6) is 0 Å². The van der Waals surface area contributed by atoms with Crippen molar-refractivity contribution in [1.29, 1.82) is 0 Å². The van der Waals surface area contributed by atoms with Crippen LogP contribution in [0.15, 0.2) is 46.9 Å². The van der Waals surface area contributed by atoms with E-state index >= 15 is 0 Å². The van der Waals surface area contributed by atoms with Gasteiger partial charge < -0.3 is 20.7 Å². The number of amides is 3. The van der Waals surface area contributed by atoms with Crippen molar-refractivity contribution in [2.75, 3.05) is 11.9 Å². The van der Waals surface area contributed by atoms with E-state index in [9.17, 15) is 14.4 Å². The van der Waals surface area contributed by atoms with Gasteiger partial charge in [0.05, 0.1) is 0 Å². The number of carbonyl (C=O) groups is 3. The van der Waals surface area contributed by atoms with Crippen molar-refractivity contribution in [3.05, 3.63) is 58.1 Å². The maximum absolute atomic E-state index is 13.5. The number of aryl methyl sites for hydroxylation is 1. The summed E-state index contributed by atoms with van der Waals surface area (Å²) < 4.78 is 6.26. The smallest absolute Gasteiger partial charge is 0.407 e. The highest BCUT2D eigenvalue weighted by Crippen LogP contribution is 2.29. The number of anilines is 1. The lowest BCUT2D eigenvalue weighted by Crippen LogP contribution is -2.48. The van der Waals surface area contributed by atoms with Crippen LogP contribution in [0.1, 0.15) is 57.6 Å². The number of halogens is 1. The van der Waals surface area contributed by atoms with E-state index in [1.165, 1.54) is 0 Å². The fourth-order valence-corrected chi connectivity index (χ4v) is 5.32. The molecule has 0 unspecified atom stereocenters. The summed E-state index contributed by atoms with van der Waals surface area (Å²) in [7, 11) is 0. The maximum Gasteiger partial charge on any atom is 0.407 e. The summed E-state index contributed by atoms with van der Waals surface area (Å²) >= 11 is 3.57. The Kier molecular flexibility index (Phi) is 10.3. The molecule has 1 aromatic heterocycles. The molecule has 224 valence electrons. The number of aromatic nitrogens is 4. The Hall–Kier alpha value is -3.80. The first-order chi connectivity index (χ1) is 20.0. The molecule has 1 heterocycles. The first-order valence-corrected chi connectivity index (χ1v) is 14.9. The van der Waals surface area contributed by atoms with E-state index in [1.54, 1.807) is 24.3 Å². The van der Waals surface area contributed by atoms with Gasteiger partial charge in [0.1, 0.15) is 11.6 Å². The van der Waals surface area contributed by atoms with E-state index in [0.717, 1.165) is 34.0 Å². The molecule has 1 aliphatic carbocycles. The molecule has 1 fully saturated rings. The summed E-state index contributed by atoms with van der Waals surface area (Å²) in [6, 6.07) is 12.3. The number of aromatic amines is 1. The van der Waals surface area contributed by atoms with Crippen molar-refractivity contribution in [3.8, 4) is 11.4 Å². The molecular weight excluding hydrogens is 602 g/mol. The fourth-order valence-electron chi connectivity index (χ4n) is 4.89. The van der Waals surface area contributed by atoms with Crippen LogP contribution in [0.3, 0.4) is 0 Å². The van der Waals surface area contributed by atoms with Gasteiger partial charge in [-0.3, -0.25) is 9.59 Å². The van der Waals surface area contributed by atoms with Gasteiger partial charge >= 0.3 is 6.09 Å². The molecule has 1 aliphatic rings. The van der Waals surface area contributed by atoms with E-state index in [-0.39, 0.29) is 23.7 Å². The molecule has 42 heavy (non-hydrogen) atoms. The minimum absolute atomic E-state index is 0.131. The van der Waals surface area contributed by atoms with Gasteiger partial charge in [-0.15, -0.1) is 5.10 Å². The second-order valence-electron chi connectivity index (χ2n) is 11.8. The summed E-state index contributed by atoms with van der Waals surface area (Å²) in [5.41, 5.74) is 2.85. The minimum atomic E-state index is -0.767. The van der Waals surface area contributed by atoms with Crippen LogP contribution in [-0.4, -0.2) is 56.7 Å². The van der Waals surface area contributed by atoms with Crippen molar-refractivity contribution in [2.24, 2.45) is 11.8 Å². The first kappa shape index (κ1) is 31.1. The number of alkyl carbamates (subject to hydrolysis) is 1. The van der Waals surface area contributed by atoms with Crippen LogP contribution < -0.4 is 16.0 Å². The van der Waals surface area contributed by atoms with E-state index in [2.05, 4.69) is 52.5 Å². The molecule has 0 saturated heterocycles. The number of hydrogen-bond acceptors (Lipinski definition) is 7. The Bertz CT molecular complexity index is 1370. The quantitative estimate of drug-likeness (QED) is 0.259. The van der Waals surface area contributed by atoms with Gasteiger partial charge in [-0.2, -0.15) is 0 Å². The lowest BCUT2D eigenvalue weighted by Gasteiger charge is -2.29. The molecule has 0 bridgehead atoms. The van der Waals surface area contributed by atoms with Gasteiger partial charge in [0, 0.05) is 34.6 Å². The number of tetrazole rings is 1. The molecular formula is C30H38BrN7O4. The van der Waals surface area contributed by atoms with Crippen LogP contribution in [0.4, 0.5) is 10.5 Å². The number of rotatable bonds is 9. The van der Waals surface area contributed by atoms with E-state index in [0.29, 0.717) is 37.3 Å². The second kappa shape index (κ2) is 13.9. The number of nitrogens with zero attached hydrogens (tertiary/aromatic N) is 3. The predicted octanol–water partition coefficient (Wildman–Crippen LogP) is 4.93. The van der Waals surface area contributed by atoms with Crippen LogP contribution in [0.2, 0.25) is 0 Å². The molecule has 2 aromatic carbocycles. The van der Waals surface area contributed by atoms with Gasteiger partial charge in [-0.25, -0.2) is 9.89 Å². The highest BCUT2D eigenvalue weighted by molar-refractivity contribution is 9.10. The lowest BCUT2D eigenvalue weighted by atomic mass is 9.81. The third kappa shape index (κ3) is 9.10. The van der Waals surface area contributed by atoms with Crippen LogP contribution in [-0.2, 0) is 20.7 Å². The zero-order valence-corrected chi connectivity index (χ0v) is 26.0. The lowest BCUT2D eigenvalue weighted by molar-refractivity contribution is -0.130. The Morgan fingerprint density at radius 2 is 1.79 bits per heavy atom. The van der Waals surface area contributed by atoms with E-state index in [1.807, 2.05) is 45.9 Å². The zero-order valence-electron chi connectivity index (χ0n) is 24.4. The van der Waals surface area contributed by atoms with Crippen molar-refractivity contribution in [1.82, 2.24) is 31.3 Å². The minimum Gasteiger partial charge on any atom is -0.444 e. The molecule has 1 atom stereocenters. The Morgan fingerprint density at radius 1 is 1.07 bits per heavy atom. The molecule has 11 nitrogen and oxygen atoms in total. The highest BCUT2D eigenvalue weighted by Gasteiger charge is 2.30. The Balaban J connectivity index is 1.37. The average Bonchev–Trinajstić information content (AvgIpc) is 3.48. The van der Waals surface area contributed by atoms with Gasteiger partial charge in [-0.1, -0.05) is 28.1 Å². The topological polar surface area (TPSA) is 151 Å². The van der Waals surface area contributed by atoms with Crippen molar-refractivity contribution in [3.63, 3.8) is 0 Å². The number of benzene rings is 2. The standard InChI is InChI=1S/C30H38BrN7O4/c1-18-5-6-20(15-24(18)31)16-25(28(40)33-23-13-11-21(12-14-23)26-35-37-38-36-26)34-27(39)22-9-7-19(8-10-22)17-32-29(41)42-30(2,3)4/h5-6,11-15,19,22,25H,7-10,16-17H2,1-4H3,(H,32,41)(H,33,40)(H,34,39)(H,35,36,37,38)/t19?,22?,25-/m0/s1. The normalized spacial score (nSPS) is 17.6. The molecule has 0 spiro atoms. The van der Waals surface area contributed by atoms with Crippen LogP contribution in [0.25, 0.3) is 11.4 Å². The van der Waals surface area contributed by atoms with Crippen molar-refractivity contribution < 1.29 is 19.1 Å². The number of H-pyrrole nitrogens is 1. The largest absolute Gasteiger partial charge is 0.444 e. The van der Waals surface area contributed by atoms with E-state index in [4.69, 9.17) is 4.74 Å². The van der Waals surface area contributed by atoms with Crippen molar-refractivity contribution >= 4 is 39.5 Å². The third-order valence-corrected chi connectivity index (χ3v) is 8.09. The maximum atomic E-state index is 13.5. The Labute approximate surface area is 254 Å². The highest BCUT2D eigenvalue weighted by atomic mass is 79.9. The van der Waals surface area contributed by atoms with E-state index < -0.39 is 17.7 Å². The SMILES string of the molecule is Cc1ccc(C[C@H](NC(=O)C2CCC(CNC(=O)OC(C)(C)C)CC2)C(=O)Nc2ccc(-c3nnn[nH]3)cc2)cc1Br. The Morgan fingerprint density at radius 3 is 2.40 bits per heavy atom.